The number of carbonyl (C=O) groups excluding carboxylic acids is 2. The van der Waals surface area contributed by atoms with E-state index in [1.54, 1.807) is 6.07 Å². The molecule has 3 N–H and O–H groups in total. The summed E-state index contributed by atoms with van der Waals surface area (Å²) in [6.45, 7) is 0. The van der Waals surface area contributed by atoms with Gasteiger partial charge in [0.15, 0.2) is 5.78 Å². The molecule has 0 saturated heterocycles. The van der Waals surface area contributed by atoms with E-state index < -0.39 is 5.91 Å². The SMILES string of the molecule is CNC(=O)/C(N)=C/C(=O)c1ccc2ccccc2c1OC. The molecule has 0 bridgehead atoms. The number of amides is 1. The van der Waals surface area contributed by atoms with Crippen molar-refractivity contribution in [1.29, 1.82) is 0 Å². The molecule has 0 aliphatic rings. The third-order valence-corrected chi connectivity index (χ3v) is 3.13. The average molecular weight is 284 g/mol. The third kappa shape index (κ3) is 2.86. The van der Waals surface area contributed by atoms with Gasteiger partial charge in [0.1, 0.15) is 11.4 Å². The molecule has 2 aromatic carbocycles. The van der Waals surface area contributed by atoms with Crippen LogP contribution in [0.5, 0.6) is 5.75 Å². The minimum atomic E-state index is -0.497. The van der Waals surface area contributed by atoms with Crippen molar-refractivity contribution in [1.82, 2.24) is 5.32 Å². The molecule has 1 amide bonds. The van der Waals surface area contributed by atoms with Crippen molar-refractivity contribution in [2.24, 2.45) is 5.73 Å². The van der Waals surface area contributed by atoms with Crippen molar-refractivity contribution >= 4 is 22.5 Å². The highest BCUT2D eigenvalue weighted by atomic mass is 16.5. The fourth-order valence-electron chi connectivity index (χ4n) is 2.09. The van der Waals surface area contributed by atoms with Gasteiger partial charge < -0.3 is 15.8 Å². The first-order valence-corrected chi connectivity index (χ1v) is 6.37. The van der Waals surface area contributed by atoms with Crippen LogP contribution in [0.1, 0.15) is 10.4 Å². The largest absolute Gasteiger partial charge is 0.495 e. The molecule has 0 aliphatic carbocycles. The summed E-state index contributed by atoms with van der Waals surface area (Å²) in [6, 6.07) is 11.1. The molecule has 0 spiro atoms. The predicted molar refractivity (Wildman–Crippen MR) is 81.2 cm³/mol. The van der Waals surface area contributed by atoms with E-state index in [1.807, 2.05) is 30.3 Å². The number of carbonyl (C=O) groups is 2. The number of rotatable bonds is 4. The fraction of sp³-hybridized carbons (Fsp3) is 0.125. The highest BCUT2D eigenvalue weighted by molar-refractivity contribution is 6.13. The molecule has 2 rings (SSSR count). The minimum Gasteiger partial charge on any atom is -0.495 e. The van der Waals surface area contributed by atoms with Crippen molar-refractivity contribution in [3.05, 3.63) is 53.7 Å². The molecule has 108 valence electrons. The maximum absolute atomic E-state index is 12.3. The predicted octanol–water partition coefficient (Wildman–Crippen LogP) is 1.62. The van der Waals surface area contributed by atoms with Crippen LogP contribution in [0.25, 0.3) is 10.8 Å². The van der Waals surface area contributed by atoms with Crippen LogP contribution in [0, 0.1) is 0 Å². The standard InChI is InChI=1S/C16H16N2O3/c1-18-16(20)13(17)9-14(19)12-8-7-10-5-3-4-6-11(10)15(12)21-2/h3-9H,17H2,1-2H3,(H,18,20)/b13-9-. The zero-order chi connectivity index (χ0) is 15.4. The molecular weight excluding hydrogens is 268 g/mol. The van der Waals surface area contributed by atoms with Gasteiger partial charge in [-0.05, 0) is 11.5 Å². The molecule has 0 saturated carbocycles. The molecule has 0 aliphatic heterocycles. The van der Waals surface area contributed by atoms with Crippen LogP contribution in [0.4, 0.5) is 0 Å². The number of likely N-dealkylation sites (N-methyl/N-ethyl adjacent to an activating group) is 1. The number of allylic oxidation sites excluding steroid dienone is 1. The van der Waals surface area contributed by atoms with E-state index in [2.05, 4.69) is 5.32 Å². The molecular formula is C16H16N2O3. The zero-order valence-corrected chi connectivity index (χ0v) is 11.8. The Morgan fingerprint density at radius 2 is 1.90 bits per heavy atom. The molecule has 5 nitrogen and oxygen atoms in total. The number of hydrogen-bond donors (Lipinski definition) is 2. The molecule has 0 atom stereocenters. The Bertz CT molecular complexity index is 735. The van der Waals surface area contributed by atoms with Gasteiger partial charge in [0, 0.05) is 18.5 Å². The molecule has 0 aromatic heterocycles. The van der Waals surface area contributed by atoms with E-state index in [0.717, 1.165) is 16.8 Å². The highest BCUT2D eigenvalue weighted by Crippen LogP contribution is 2.30. The molecule has 0 fully saturated rings. The Morgan fingerprint density at radius 1 is 1.19 bits per heavy atom. The molecule has 0 unspecified atom stereocenters. The minimum absolute atomic E-state index is 0.141. The quantitative estimate of drug-likeness (QED) is 0.660. The number of benzene rings is 2. The van der Waals surface area contributed by atoms with Gasteiger partial charge in [-0.15, -0.1) is 0 Å². The van der Waals surface area contributed by atoms with Crippen molar-refractivity contribution in [2.75, 3.05) is 14.2 Å². The summed E-state index contributed by atoms with van der Waals surface area (Å²) in [5.41, 5.74) is 5.78. The van der Waals surface area contributed by atoms with E-state index in [1.165, 1.54) is 14.2 Å². The van der Waals surface area contributed by atoms with Crippen LogP contribution in [-0.4, -0.2) is 25.8 Å². The molecule has 5 heteroatoms. The lowest BCUT2D eigenvalue weighted by atomic mass is 10.0. The van der Waals surface area contributed by atoms with E-state index in [-0.39, 0.29) is 11.5 Å². The summed E-state index contributed by atoms with van der Waals surface area (Å²) in [6.07, 6.45) is 1.10. The Labute approximate surface area is 122 Å². The first kappa shape index (κ1) is 14.6. The zero-order valence-electron chi connectivity index (χ0n) is 11.8. The fourth-order valence-corrected chi connectivity index (χ4v) is 2.09. The van der Waals surface area contributed by atoms with Crippen LogP contribution in [-0.2, 0) is 4.79 Å². The first-order chi connectivity index (χ1) is 10.1. The van der Waals surface area contributed by atoms with Crippen LogP contribution >= 0.6 is 0 Å². The van der Waals surface area contributed by atoms with Gasteiger partial charge in [-0.3, -0.25) is 9.59 Å². The van der Waals surface area contributed by atoms with Crippen LogP contribution < -0.4 is 15.8 Å². The number of hydrogen-bond acceptors (Lipinski definition) is 4. The lowest BCUT2D eigenvalue weighted by Crippen LogP contribution is -2.25. The van der Waals surface area contributed by atoms with E-state index in [9.17, 15) is 9.59 Å². The molecule has 0 radical (unpaired) electrons. The number of methoxy groups -OCH3 is 1. The maximum Gasteiger partial charge on any atom is 0.267 e. The van der Waals surface area contributed by atoms with Crippen molar-refractivity contribution in [3.63, 3.8) is 0 Å². The lowest BCUT2D eigenvalue weighted by Gasteiger charge is -2.10. The Morgan fingerprint density at radius 3 is 2.57 bits per heavy atom. The molecule has 2 aromatic rings. The summed E-state index contributed by atoms with van der Waals surface area (Å²) in [7, 11) is 2.95. The van der Waals surface area contributed by atoms with Gasteiger partial charge in [-0.2, -0.15) is 0 Å². The molecule has 0 heterocycles. The van der Waals surface area contributed by atoms with E-state index >= 15 is 0 Å². The smallest absolute Gasteiger partial charge is 0.267 e. The summed E-state index contributed by atoms with van der Waals surface area (Å²) in [5.74, 6) is -0.402. The first-order valence-electron chi connectivity index (χ1n) is 6.37. The van der Waals surface area contributed by atoms with Crippen molar-refractivity contribution in [3.8, 4) is 5.75 Å². The van der Waals surface area contributed by atoms with Crippen molar-refractivity contribution < 1.29 is 14.3 Å². The second-order valence-electron chi connectivity index (χ2n) is 4.41. The average Bonchev–Trinajstić information content (AvgIpc) is 2.52. The van der Waals surface area contributed by atoms with Crippen molar-refractivity contribution in [2.45, 2.75) is 0 Å². The Hall–Kier alpha value is -2.82. The Kier molecular flexibility index (Phi) is 4.23. The number of fused-ring (bicyclic) bond motifs is 1. The van der Waals surface area contributed by atoms with E-state index in [0.29, 0.717) is 11.3 Å². The maximum atomic E-state index is 12.3. The third-order valence-electron chi connectivity index (χ3n) is 3.13. The Balaban J connectivity index is 2.51. The second-order valence-corrected chi connectivity index (χ2v) is 4.41. The van der Waals surface area contributed by atoms with Gasteiger partial charge in [-0.1, -0.05) is 30.3 Å². The summed E-state index contributed by atoms with van der Waals surface area (Å²) in [4.78, 5) is 23.6. The monoisotopic (exact) mass is 284 g/mol. The number of nitrogens with two attached hydrogens (primary N) is 1. The lowest BCUT2D eigenvalue weighted by molar-refractivity contribution is -0.117. The topological polar surface area (TPSA) is 81.4 Å². The number of nitrogens with one attached hydrogen (secondary N) is 1. The van der Waals surface area contributed by atoms with Crippen LogP contribution in [0.2, 0.25) is 0 Å². The van der Waals surface area contributed by atoms with Gasteiger partial charge in [0.25, 0.3) is 5.91 Å². The molecule has 21 heavy (non-hydrogen) atoms. The van der Waals surface area contributed by atoms with Gasteiger partial charge in [0.05, 0.1) is 12.7 Å². The van der Waals surface area contributed by atoms with Crippen LogP contribution in [0.15, 0.2) is 48.2 Å². The highest BCUT2D eigenvalue weighted by Gasteiger charge is 2.15. The van der Waals surface area contributed by atoms with Gasteiger partial charge >= 0.3 is 0 Å². The van der Waals surface area contributed by atoms with Gasteiger partial charge in [-0.25, -0.2) is 0 Å². The normalized spacial score (nSPS) is 11.2. The second kappa shape index (κ2) is 6.09. The van der Waals surface area contributed by atoms with Crippen LogP contribution in [0.3, 0.4) is 0 Å². The summed E-state index contributed by atoms with van der Waals surface area (Å²) >= 11 is 0. The number of ether oxygens (including phenoxy) is 1. The van der Waals surface area contributed by atoms with E-state index in [4.69, 9.17) is 10.5 Å². The summed E-state index contributed by atoms with van der Waals surface area (Å²) in [5, 5.41) is 4.16. The van der Waals surface area contributed by atoms with Gasteiger partial charge in [0.2, 0.25) is 0 Å². The summed E-state index contributed by atoms with van der Waals surface area (Å²) < 4.78 is 5.36. The number of ketones is 1.